The Morgan fingerprint density at radius 2 is 1.28 bits per heavy atom. The van der Waals surface area contributed by atoms with E-state index in [0.29, 0.717) is 31.1 Å². The van der Waals surface area contributed by atoms with Gasteiger partial charge >= 0.3 is 0 Å². The van der Waals surface area contributed by atoms with Gasteiger partial charge in [0.15, 0.2) is 12.6 Å². The highest BCUT2D eigenvalue weighted by Gasteiger charge is 2.65. The zero-order valence-electron chi connectivity index (χ0n) is 39.5. The van der Waals surface area contributed by atoms with E-state index in [1.54, 1.807) is 0 Å². The average Bonchev–Trinajstić information content (AvgIpc) is 3.57. The molecule has 4 aliphatic heterocycles. The molecule has 0 bridgehead atoms. The Balaban J connectivity index is 1.02. The minimum absolute atomic E-state index is 0.0377. The molecule has 0 aromatic carbocycles. The molecule has 8 N–H and O–H groups in total. The van der Waals surface area contributed by atoms with Gasteiger partial charge in [-0.3, -0.25) is 9.59 Å². The fourth-order valence-corrected chi connectivity index (χ4v) is 13.4. The zero-order chi connectivity index (χ0) is 46.9. The molecule has 0 aromatic rings. The zero-order valence-corrected chi connectivity index (χ0v) is 39.5. The molecule has 17 nitrogen and oxygen atoms in total. The van der Waals surface area contributed by atoms with Crippen LogP contribution in [-0.4, -0.2) is 166 Å². The first kappa shape index (κ1) is 50.0. The Morgan fingerprint density at radius 3 is 1.84 bits per heavy atom. The van der Waals surface area contributed by atoms with Crippen LogP contribution in [0.15, 0.2) is 11.6 Å². The minimum atomic E-state index is -1.43. The van der Waals surface area contributed by atoms with Gasteiger partial charge < -0.3 is 74.4 Å². The van der Waals surface area contributed by atoms with E-state index in [2.05, 4.69) is 37.5 Å². The van der Waals surface area contributed by atoms with Crippen LogP contribution in [0.4, 0.5) is 0 Å². The van der Waals surface area contributed by atoms with E-state index in [9.17, 15) is 40.2 Å². The highest BCUT2D eigenvalue weighted by Crippen LogP contribution is 2.67. The quantitative estimate of drug-likeness (QED) is 0.130. The lowest BCUT2D eigenvalue weighted by molar-refractivity contribution is -0.325. The van der Waals surface area contributed by atoms with E-state index >= 15 is 0 Å². The van der Waals surface area contributed by atoms with Crippen molar-refractivity contribution in [2.75, 3.05) is 20.3 Å². The van der Waals surface area contributed by atoms with E-state index in [4.69, 9.17) is 33.2 Å². The lowest BCUT2D eigenvalue weighted by Gasteiger charge is -2.61. The topological polar surface area (TPSA) is 244 Å². The first-order valence-electron chi connectivity index (χ1n) is 23.6. The maximum absolute atomic E-state index is 12.1. The van der Waals surface area contributed by atoms with Gasteiger partial charge in [0.25, 0.3) is 0 Å². The summed E-state index contributed by atoms with van der Waals surface area (Å²) < 4.78 is 44.2. The van der Waals surface area contributed by atoms with E-state index in [1.807, 2.05) is 27.7 Å². The number of ether oxygens (including phenoxy) is 7. The summed E-state index contributed by atoms with van der Waals surface area (Å²) in [7, 11) is 1.48. The molecule has 7 aliphatic rings. The Kier molecular flexibility index (Phi) is 14.5. The normalized spacial score (nSPS) is 47.4. The summed E-state index contributed by atoms with van der Waals surface area (Å²) in [5.41, 5.74) is -1.10. The summed E-state index contributed by atoms with van der Waals surface area (Å²) >= 11 is 0. The van der Waals surface area contributed by atoms with Crippen LogP contribution in [0.25, 0.3) is 0 Å². The number of nitrogens with one attached hydrogen (secondary N) is 2. The molecule has 3 aliphatic carbocycles. The van der Waals surface area contributed by atoms with E-state index < -0.39 is 103 Å². The van der Waals surface area contributed by atoms with Gasteiger partial charge in [-0.25, -0.2) is 0 Å². The number of hydrogen-bond acceptors (Lipinski definition) is 15. The first-order valence-corrected chi connectivity index (χ1v) is 23.6. The number of hydrogen-bond donors (Lipinski definition) is 8. The molecule has 4 heterocycles. The van der Waals surface area contributed by atoms with Crippen molar-refractivity contribution in [2.24, 2.45) is 28.1 Å². The summed E-state index contributed by atoms with van der Waals surface area (Å²) in [6.07, 6.45) is -1.75. The molecular formula is C47H78N2O15. The van der Waals surface area contributed by atoms with Gasteiger partial charge in [-0.15, -0.1) is 0 Å². The smallest absolute Gasteiger partial charge is 0.217 e. The van der Waals surface area contributed by atoms with Crippen LogP contribution in [0.1, 0.15) is 120 Å². The van der Waals surface area contributed by atoms with Crippen molar-refractivity contribution in [3.8, 4) is 0 Å². The summed E-state index contributed by atoms with van der Waals surface area (Å²) in [5, 5.41) is 70.5. The highest BCUT2D eigenvalue weighted by molar-refractivity contribution is 5.73. The SMILES string of the molecule is COC[C@@H]1O[C@H](OC(C)(C)[C@@H]2CC[C@]3(C)C=C([C@@H]4CC[C@@H]5[C@]4(C)C[C@H](O)[C@@H]4O[C@H](C(C)(C)O[C@@H]6O[C@H](CO)[C@H](O)[C@H](O)[C@@H]6NC(C)=O)CC[C@@]54C)CC[C@@H]3O2)[C@H](NC(C)=O)[C@@H](O)[C@@H]1O. The standard InChI is InChI=1S/C47H78N2O15/c1-23(51)48-34-38(56)36(54)28(21-50)59-41(34)63-44(5,6)32-16-18-46(8)30-13-12-26(47(30,9)20-27(53)40(46)62-32)25-11-14-33-45(7,19-25)17-15-31(61-33)43(3,4)64-42-35(49-24(2)52)39(57)37(55)29(60-42)22-58-10/h19,26-42,50,53-57H,11-18,20-22H2,1-10H3,(H,48,51)(H,49,52)/t26-,27-,28+,29-,30-,31-,32-,33-,34-,35+,36-,37+,38+,39+,40-,41-,42+,45+,46-,47+/m0/s1. The Bertz CT molecular complexity index is 1710. The van der Waals surface area contributed by atoms with Crippen molar-refractivity contribution >= 4 is 11.8 Å². The van der Waals surface area contributed by atoms with Crippen molar-refractivity contribution in [3.05, 3.63) is 11.6 Å². The van der Waals surface area contributed by atoms with Gasteiger partial charge in [-0.05, 0) is 108 Å². The molecule has 0 radical (unpaired) electrons. The van der Waals surface area contributed by atoms with Crippen LogP contribution in [0, 0.1) is 28.1 Å². The number of fused-ring (bicyclic) bond motifs is 4. The summed E-state index contributed by atoms with van der Waals surface area (Å²) in [4.78, 5) is 24.2. The monoisotopic (exact) mass is 911 g/mol. The van der Waals surface area contributed by atoms with Gasteiger partial charge in [-0.2, -0.15) is 0 Å². The van der Waals surface area contributed by atoms with Gasteiger partial charge in [-0.1, -0.05) is 32.4 Å². The Hall–Kier alpha value is -1.84. The molecule has 0 spiro atoms. The summed E-state index contributed by atoms with van der Waals surface area (Å²) in [6, 6.07) is -2.08. The molecular weight excluding hydrogens is 833 g/mol. The van der Waals surface area contributed by atoms with Gasteiger partial charge in [0.1, 0.15) is 48.7 Å². The third-order valence-corrected chi connectivity index (χ3v) is 16.7. The molecule has 4 saturated heterocycles. The second kappa shape index (κ2) is 18.6. The van der Waals surface area contributed by atoms with Crippen molar-refractivity contribution in [1.82, 2.24) is 10.6 Å². The van der Waals surface area contributed by atoms with E-state index in [0.717, 1.165) is 38.5 Å². The molecule has 20 atom stereocenters. The second-order valence-electron chi connectivity index (χ2n) is 22.0. The number of allylic oxidation sites excluding steroid dienone is 1. The Labute approximate surface area is 378 Å². The van der Waals surface area contributed by atoms with Crippen LogP contribution < -0.4 is 10.6 Å². The predicted octanol–water partition coefficient (Wildman–Crippen LogP) is 1.74. The lowest BCUT2D eigenvalue weighted by atomic mass is 9.50. The van der Waals surface area contributed by atoms with Crippen molar-refractivity contribution in [3.63, 3.8) is 0 Å². The number of carbonyl (C=O) groups is 2. The first-order chi connectivity index (χ1) is 29.9. The maximum atomic E-state index is 12.1. The van der Waals surface area contributed by atoms with Crippen molar-refractivity contribution in [1.29, 1.82) is 0 Å². The van der Waals surface area contributed by atoms with Crippen LogP contribution >= 0.6 is 0 Å². The average molecular weight is 911 g/mol. The van der Waals surface area contributed by atoms with Crippen LogP contribution in [-0.2, 0) is 42.7 Å². The number of methoxy groups -OCH3 is 1. The summed E-state index contributed by atoms with van der Waals surface area (Å²) in [6.45, 7) is 16.7. The lowest BCUT2D eigenvalue weighted by Crippen LogP contribution is -2.67. The molecule has 64 heavy (non-hydrogen) atoms. The number of rotatable bonds is 12. The third kappa shape index (κ3) is 9.21. The predicted molar refractivity (Wildman–Crippen MR) is 230 cm³/mol. The third-order valence-electron chi connectivity index (χ3n) is 16.7. The molecule has 17 heteroatoms. The van der Waals surface area contributed by atoms with Crippen molar-refractivity contribution in [2.45, 2.75) is 223 Å². The van der Waals surface area contributed by atoms with Crippen molar-refractivity contribution < 1.29 is 73.4 Å². The molecule has 366 valence electrons. The number of carbonyl (C=O) groups excluding carboxylic acids is 2. The summed E-state index contributed by atoms with van der Waals surface area (Å²) in [5.74, 6) is -0.216. The van der Waals surface area contributed by atoms with Gasteiger partial charge in [0, 0.05) is 26.4 Å². The Morgan fingerprint density at radius 1 is 0.734 bits per heavy atom. The van der Waals surface area contributed by atoms with E-state index in [-0.39, 0.29) is 41.0 Å². The second-order valence-corrected chi connectivity index (χ2v) is 22.0. The fourth-order valence-electron chi connectivity index (χ4n) is 13.4. The number of aliphatic hydroxyl groups excluding tert-OH is 6. The number of aliphatic hydroxyl groups is 6. The molecule has 7 rings (SSSR count). The van der Waals surface area contributed by atoms with Gasteiger partial charge in [0.2, 0.25) is 11.8 Å². The molecule has 2 amide bonds. The van der Waals surface area contributed by atoms with E-state index in [1.165, 1.54) is 26.5 Å². The van der Waals surface area contributed by atoms with Gasteiger partial charge in [0.05, 0.1) is 54.9 Å². The molecule has 2 saturated carbocycles. The van der Waals surface area contributed by atoms with Crippen LogP contribution in [0.5, 0.6) is 0 Å². The molecule has 6 fully saturated rings. The number of amides is 2. The van der Waals surface area contributed by atoms with Crippen LogP contribution in [0.2, 0.25) is 0 Å². The van der Waals surface area contributed by atoms with Crippen LogP contribution in [0.3, 0.4) is 0 Å². The molecule has 0 unspecified atom stereocenters. The molecule has 0 aromatic heterocycles. The maximum Gasteiger partial charge on any atom is 0.217 e. The largest absolute Gasteiger partial charge is 0.394 e. The minimum Gasteiger partial charge on any atom is -0.394 e. The highest BCUT2D eigenvalue weighted by atomic mass is 16.7. The fraction of sp³-hybridized carbons (Fsp3) is 0.915.